The molecule has 1 fully saturated rings. The van der Waals surface area contributed by atoms with Gasteiger partial charge in [-0.3, -0.25) is 9.36 Å². The summed E-state index contributed by atoms with van der Waals surface area (Å²) in [5, 5.41) is 26.6. The van der Waals surface area contributed by atoms with Gasteiger partial charge in [0.25, 0.3) is 0 Å². The molecule has 1 saturated heterocycles. The van der Waals surface area contributed by atoms with Gasteiger partial charge in [-0.2, -0.15) is 0 Å². The van der Waals surface area contributed by atoms with Gasteiger partial charge in [-0.15, -0.1) is 0 Å². The summed E-state index contributed by atoms with van der Waals surface area (Å²) in [5.74, 6) is 0.257. The third-order valence-electron chi connectivity index (χ3n) is 4.52. The van der Waals surface area contributed by atoms with Crippen molar-refractivity contribution < 1.29 is 19.7 Å². The average molecular weight is 379 g/mol. The zero-order valence-corrected chi connectivity index (χ0v) is 15.1. The van der Waals surface area contributed by atoms with Gasteiger partial charge in [0.2, 0.25) is 5.91 Å². The van der Waals surface area contributed by atoms with Crippen LogP contribution in [-0.4, -0.2) is 73.6 Å². The van der Waals surface area contributed by atoms with Crippen LogP contribution in [0.1, 0.15) is 26.0 Å². The van der Waals surface area contributed by atoms with Crippen molar-refractivity contribution in [3.8, 4) is 0 Å². The van der Waals surface area contributed by atoms with Crippen molar-refractivity contribution in [3.05, 3.63) is 12.7 Å². The van der Waals surface area contributed by atoms with E-state index in [1.165, 1.54) is 12.7 Å². The summed E-state index contributed by atoms with van der Waals surface area (Å²) < 4.78 is 7.37. The van der Waals surface area contributed by atoms with Crippen molar-refractivity contribution in [2.45, 2.75) is 44.3 Å². The van der Waals surface area contributed by atoms with E-state index in [0.717, 1.165) is 6.42 Å². The molecule has 3 rings (SSSR count). The van der Waals surface area contributed by atoms with Crippen LogP contribution in [0.15, 0.2) is 12.7 Å². The molecule has 2 aromatic rings. The summed E-state index contributed by atoms with van der Waals surface area (Å²) in [4.78, 5) is 23.3. The number of aromatic nitrogens is 4. The van der Waals surface area contributed by atoms with Crippen LogP contribution in [0, 0.1) is 0 Å². The number of anilines is 1. The van der Waals surface area contributed by atoms with E-state index in [-0.39, 0.29) is 11.7 Å². The SMILES string of the molecule is CCC(=O)NCCCNC[C@H]1O[C@@H](n2cnc3c(N)ncnc32)[C@H](O)[C@@H]1O. The van der Waals surface area contributed by atoms with Crippen molar-refractivity contribution in [2.24, 2.45) is 0 Å². The van der Waals surface area contributed by atoms with Gasteiger partial charge in [0, 0.05) is 19.5 Å². The Bertz CT molecular complexity index is 783. The number of nitrogens with one attached hydrogen (secondary N) is 2. The molecule has 2 aromatic heterocycles. The number of rotatable bonds is 8. The predicted molar refractivity (Wildman–Crippen MR) is 96.4 cm³/mol. The van der Waals surface area contributed by atoms with Crippen molar-refractivity contribution >= 4 is 22.9 Å². The Morgan fingerprint density at radius 1 is 1.30 bits per heavy atom. The lowest BCUT2D eigenvalue weighted by molar-refractivity contribution is -0.120. The molecular formula is C16H25N7O4. The largest absolute Gasteiger partial charge is 0.387 e. The standard InChI is InChI=1S/C16H25N7O4/c1-2-10(24)19-5-3-4-18-6-9-12(25)13(26)16(27-9)23-8-22-11-14(17)20-7-21-15(11)23/h7-9,12-13,16,18,25-26H,2-6H2,1H3,(H,19,24)(H2,17,20,21)/t9-,12-,13-,16-/m1/s1. The summed E-state index contributed by atoms with van der Waals surface area (Å²) in [6, 6.07) is 0. The second-order valence-electron chi connectivity index (χ2n) is 6.39. The van der Waals surface area contributed by atoms with Crippen LogP contribution >= 0.6 is 0 Å². The molecule has 11 nitrogen and oxygen atoms in total. The van der Waals surface area contributed by atoms with E-state index in [9.17, 15) is 15.0 Å². The van der Waals surface area contributed by atoms with Gasteiger partial charge in [0.15, 0.2) is 17.7 Å². The molecule has 0 aliphatic carbocycles. The fourth-order valence-corrected chi connectivity index (χ4v) is 2.99. The number of hydrogen-bond donors (Lipinski definition) is 5. The van der Waals surface area contributed by atoms with Crippen molar-refractivity contribution in [3.63, 3.8) is 0 Å². The van der Waals surface area contributed by atoms with Crippen LogP contribution in [0.3, 0.4) is 0 Å². The van der Waals surface area contributed by atoms with E-state index >= 15 is 0 Å². The number of aliphatic hydroxyl groups excluding tert-OH is 2. The Morgan fingerprint density at radius 3 is 2.89 bits per heavy atom. The third-order valence-corrected chi connectivity index (χ3v) is 4.52. The number of amides is 1. The van der Waals surface area contributed by atoms with Crippen LogP contribution in [0.5, 0.6) is 0 Å². The number of carbonyl (C=O) groups is 1. The van der Waals surface area contributed by atoms with Crippen molar-refractivity contribution in [2.75, 3.05) is 25.4 Å². The highest BCUT2D eigenvalue weighted by molar-refractivity contribution is 5.81. The summed E-state index contributed by atoms with van der Waals surface area (Å²) in [7, 11) is 0. The first-order valence-corrected chi connectivity index (χ1v) is 8.95. The summed E-state index contributed by atoms with van der Waals surface area (Å²) in [5.41, 5.74) is 6.62. The highest BCUT2D eigenvalue weighted by Gasteiger charge is 2.44. The zero-order valence-electron chi connectivity index (χ0n) is 15.1. The van der Waals surface area contributed by atoms with Crippen LogP contribution < -0.4 is 16.4 Å². The maximum atomic E-state index is 11.2. The van der Waals surface area contributed by atoms with Gasteiger partial charge in [-0.05, 0) is 13.0 Å². The highest BCUT2D eigenvalue weighted by Crippen LogP contribution is 2.31. The predicted octanol–water partition coefficient (Wildman–Crippen LogP) is -1.47. The van der Waals surface area contributed by atoms with Gasteiger partial charge in [-0.1, -0.05) is 6.92 Å². The number of carbonyl (C=O) groups excluding carboxylic acids is 1. The lowest BCUT2D eigenvalue weighted by atomic mass is 10.1. The fraction of sp³-hybridized carbons (Fsp3) is 0.625. The number of imidazole rings is 1. The Kier molecular flexibility index (Phi) is 6.16. The first-order valence-electron chi connectivity index (χ1n) is 8.95. The summed E-state index contributed by atoms with van der Waals surface area (Å²) in [6.07, 6.45) is 0.388. The van der Waals surface area contributed by atoms with E-state index in [4.69, 9.17) is 10.5 Å². The van der Waals surface area contributed by atoms with Gasteiger partial charge in [-0.25, -0.2) is 15.0 Å². The molecule has 4 atom stereocenters. The lowest BCUT2D eigenvalue weighted by Gasteiger charge is -2.16. The maximum absolute atomic E-state index is 11.2. The summed E-state index contributed by atoms with van der Waals surface area (Å²) in [6.45, 7) is 3.40. The third kappa shape index (κ3) is 4.16. The Balaban J connectivity index is 1.54. The minimum Gasteiger partial charge on any atom is -0.387 e. The second kappa shape index (κ2) is 8.57. The number of aliphatic hydroxyl groups is 2. The molecule has 0 saturated carbocycles. The fourth-order valence-electron chi connectivity index (χ4n) is 2.99. The van der Waals surface area contributed by atoms with E-state index < -0.39 is 24.5 Å². The lowest BCUT2D eigenvalue weighted by Crippen LogP contribution is -2.38. The van der Waals surface area contributed by atoms with Crippen LogP contribution in [0.25, 0.3) is 11.2 Å². The highest BCUT2D eigenvalue weighted by atomic mass is 16.6. The molecule has 0 bridgehead atoms. The molecule has 11 heteroatoms. The number of fused-ring (bicyclic) bond motifs is 1. The average Bonchev–Trinajstić information content (AvgIpc) is 3.21. The number of nitrogen functional groups attached to an aromatic ring is 1. The van der Waals surface area contributed by atoms with Crippen LogP contribution in [0.4, 0.5) is 5.82 Å². The van der Waals surface area contributed by atoms with Gasteiger partial charge in [0.05, 0.1) is 6.33 Å². The molecule has 1 aliphatic rings. The second-order valence-corrected chi connectivity index (χ2v) is 6.39. The smallest absolute Gasteiger partial charge is 0.219 e. The minimum atomic E-state index is -1.13. The molecule has 3 heterocycles. The first-order chi connectivity index (χ1) is 13.0. The number of hydrogen-bond acceptors (Lipinski definition) is 9. The Labute approximate surface area is 156 Å². The van der Waals surface area contributed by atoms with Crippen LogP contribution in [-0.2, 0) is 9.53 Å². The quantitative estimate of drug-likeness (QED) is 0.345. The number of nitrogens with two attached hydrogens (primary N) is 1. The molecular weight excluding hydrogens is 354 g/mol. The number of ether oxygens (including phenoxy) is 1. The molecule has 148 valence electrons. The van der Waals surface area contributed by atoms with Gasteiger partial charge >= 0.3 is 0 Å². The van der Waals surface area contributed by atoms with E-state index in [1.54, 1.807) is 11.5 Å². The summed E-state index contributed by atoms with van der Waals surface area (Å²) >= 11 is 0. The first kappa shape index (κ1) is 19.4. The molecule has 27 heavy (non-hydrogen) atoms. The van der Waals surface area contributed by atoms with Gasteiger partial charge < -0.3 is 31.3 Å². The molecule has 0 unspecified atom stereocenters. The molecule has 0 radical (unpaired) electrons. The van der Waals surface area contributed by atoms with Crippen molar-refractivity contribution in [1.29, 1.82) is 0 Å². The minimum absolute atomic E-state index is 0.0208. The van der Waals surface area contributed by atoms with Crippen LogP contribution in [0.2, 0.25) is 0 Å². The Hall–Kier alpha value is -2.34. The monoisotopic (exact) mass is 379 g/mol. The molecule has 6 N–H and O–H groups in total. The maximum Gasteiger partial charge on any atom is 0.219 e. The normalized spacial score (nSPS) is 25.1. The number of nitrogens with zero attached hydrogens (tertiary/aromatic N) is 4. The van der Waals surface area contributed by atoms with E-state index in [1.807, 2.05) is 0 Å². The molecule has 0 spiro atoms. The topological polar surface area (TPSA) is 160 Å². The molecule has 1 aliphatic heterocycles. The molecule has 0 aromatic carbocycles. The molecule has 1 amide bonds. The van der Waals surface area contributed by atoms with Gasteiger partial charge in [0.1, 0.15) is 30.2 Å². The van der Waals surface area contributed by atoms with E-state index in [2.05, 4.69) is 25.6 Å². The Morgan fingerprint density at radius 2 is 2.11 bits per heavy atom. The van der Waals surface area contributed by atoms with Crippen molar-refractivity contribution in [1.82, 2.24) is 30.2 Å². The van der Waals surface area contributed by atoms with E-state index in [0.29, 0.717) is 37.2 Å². The zero-order chi connectivity index (χ0) is 19.4.